The minimum absolute atomic E-state index is 0.000956. The number of amides is 2. The summed E-state index contributed by atoms with van der Waals surface area (Å²) in [6.07, 6.45) is 2.85. The number of carbonyl (C=O) groups excluding carboxylic acids is 2. The van der Waals surface area contributed by atoms with Crippen molar-refractivity contribution >= 4 is 17.5 Å². The highest BCUT2D eigenvalue weighted by Gasteiger charge is 2.42. The molecule has 1 N–H and O–H groups in total. The SMILES string of the molecule is CCCCNC(=O)C1CCC(=O)N(c2ccc(C)cc2)C1c1ccccc1OC. The van der Waals surface area contributed by atoms with E-state index in [1.54, 1.807) is 12.0 Å². The lowest BCUT2D eigenvalue weighted by molar-refractivity contribution is -0.129. The second kappa shape index (κ2) is 9.59. The van der Waals surface area contributed by atoms with E-state index in [1.807, 2.05) is 55.5 Å². The van der Waals surface area contributed by atoms with Crippen molar-refractivity contribution in [1.82, 2.24) is 5.32 Å². The number of carbonyl (C=O) groups is 2. The van der Waals surface area contributed by atoms with Gasteiger partial charge in [-0.2, -0.15) is 0 Å². The van der Waals surface area contributed by atoms with Crippen molar-refractivity contribution in [2.24, 2.45) is 5.92 Å². The van der Waals surface area contributed by atoms with Gasteiger partial charge in [-0.15, -0.1) is 0 Å². The monoisotopic (exact) mass is 394 g/mol. The van der Waals surface area contributed by atoms with Crippen LogP contribution in [0.4, 0.5) is 5.69 Å². The molecule has 0 aliphatic carbocycles. The molecule has 2 aromatic rings. The number of nitrogens with one attached hydrogen (secondary N) is 1. The van der Waals surface area contributed by atoms with Gasteiger partial charge in [-0.1, -0.05) is 49.2 Å². The number of methoxy groups -OCH3 is 1. The predicted molar refractivity (Wildman–Crippen MR) is 115 cm³/mol. The Morgan fingerprint density at radius 2 is 1.90 bits per heavy atom. The van der Waals surface area contributed by atoms with Crippen LogP contribution in [0.3, 0.4) is 0 Å². The smallest absolute Gasteiger partial charge is 0.227 e. The summed E-state index contributed by atoms with van der Waals surface area (Å²) in [6, 6.07) is 15.1. The molecular weight excluding hydrogens is 364 g/mol. The standard InChI is InChI=1S/C24H30N2O3/c1-4-5-16-25-24(28)20-14-15-22(27)26(18-12-10-17(2)11-13-18)23(20)19-8-6-7-9-21(19)29-3/h6-13,20,23H,4-5,14-16H2,1-3H3,(H,25,28). The first-order chi connectivity index (χ1) is 14.1. The molecule has 0 aromatic heterocycles. The zero-order valence-electron chi connectivity index (χ0n) is 17.5. The van der Waals surface area contributed by atoms with Crippen LogP contribution in [0, 0.1) is 12.8 Å². The van der Waals surface area contributed by atoms with Crippen LogP contribution in [-0.4, -0.2) is 25.5 Å². The molecular formula is C24H30N2O3. The van der Waals surface area contributed by atoms with E-state index < -0.39 is 6.04 Å². The number of aryl methyl sites for hydroxylation is 1. The summed E-state index contributed by atoms with van der Waals surface area (Å²) in [5, 5.41) is 3.07. The molecule has 1 heterocycles. The van der Waals surface area contributed by atoms with Gasteiger partial charge >= 0.3 is 0 Å². The molecule has 154 valence electrons. The van der Waals surface area contributed by atoms with Gasteiger partial charge in [0.15, 0.2) is 0 Å². The molecule has 0 saturated carbocycles. The number of nitrogens with zero attached hydrogens (tertiary/aromatic N) is 1. The van der Waals surface area contributed by atoms with Crippen molar-refractivity contribution in [3.05, 3.63) is 59.7 Å². The Morgan fingerprint density at radius 3 is 2.59 bits per heavy atom. The number of benzene rings is 2. The van der Waals surface area contributed by atoms with Crippen LogP contribution in [0.15, 0.2) is 48.5 Å². The summed E-state index contributed by atoms with van der Waals surface area (Å²) >= 11 is 0. The quantitative estimate of drug-likeness (QED) is 0.708. The first-order valence-corrected chi connectivity index (χ1v) is 10.4. The summed E-state index contributed by atoms with van der Waals surface area (Å²) in [4.78, 5) is 27.9. The first kappa shape index (κ1) is 20.9. The van der Waals surface area contributed by atoms with Crippen molar-refractivity contribution in [2.75, 3.05) is 18.6 Å². The molecule has 1 aliphatic heterocycles. The zero-order chi connectivity index (χ0) is 20.8. The average Bonchev–Trinajstić information content (AvgIpc) is 2.74. The number of hydrogen-bond donors (Lipinski definition) is 1. The third kappa shape index (κ3) is 4.61. The van der Waals surface area contributed by atoms with Gasteiger partial charge in [-0.25, -0.2) is 0 Å². The number of hydrogen-bond acceptors (Lipinski definition) is 3. The summed E-state index contributed by atoms with van der Waals surface area (Å²) in [7, 11) is 1.62. The largest absolute Gasteiger partial charge is 0.496 e. The Morgan fingerprint density at radius 1 is 1.17 bits per heavy atom. The molecule has 0 bridgehead atoms. The number of rotatable bonds is 7. The van der Waals surface area contributed by atoms with Crippen molar-refractivity contribution in [1.29, 1.82) is 0 Å². The van der Waals surface area contributed by atoms with E-state index in [4.69, 9.17) is 4.74 Å². The molecule has 1 saturated heterocycles. The van der Waals surface area contributed by atoms with Gasteiger partial charge in [0, 0.05) is 24.2 Å². The van der Waals surface area contributed by atoms with E-state index in [-0.39, 0.29) is 17.7 Å². The summed E-state index contributed by atoms with van der Waals surface area (Å²) in [5.41, 5.74) is 2.79. The summed E-state index contributed by atoms with van der Waals surface area (Å²) in [6.45, 7) is 4.77. The molecule has 2 unspecified atom stereocenters. The fraction of sp³-hybridized carbons (Fsp3) is 0.417. The van der Waals surface area contributed by atoms with E-state index in [0.717, 1.165) is 29.7 Å². The van der Waals surface area contributed by atoms with Crippen LogP contribution in [0.5, 0.6) is 5.75 Å². The average molecular weight is 395 g/mol. The van der Waals surface area contributed by atoms with Gasteiger partial charge in [-0.3, -0.25) is 9.59 Å². The molecule has 0 spiro atoms. The molecule has 1 fully saturated rings. The predicted octanol–water partition coefficient (Wildman–Crippen LogP) is 4.40. The molecule has 5 heteroatoms. The van der Waals surface area contributed by atoms with Crippen LogP contribution >= 0.6 is 0 Å². The van der Waals surface area contributed by atoms with Crippen molar-refractivity contribution in [2.45, 2.75) is 45.6 Å². The maximum absolute atomic E-state index is 13.1. The highest BCUT2D eigenvalue weighted by atomic mass is 16.5. The van der Waals surface area contributed by atoms with E-state index in [9.17, 15) is 9.59 Å². The Kier molecular flexibility index (Phi) is 6.91. The topological polar surface area (TPSA) is 58.6 Å². The van der Waals surface area contributed by atoms with Crippen molar-refractivity contribution < 1.29 is 14.3 Å². The van der Waals surface area contributed by atoms with Gasteiger partial charge in [-0.05, 0) is 38.0 Å². The lowest BCUT2D eigenvalue weighted by atomic mass is 9.82. The minimum atomic E-state index is -0.406. The second-order valence-corrected chi connectivity index (χ2v) is 7.58. The molecule has 2 amide bonds. The summed E-state index contributed by atoms with van der Waals surface area (Å²) < 4.78 is 5.59. The lowest BCUT2D eigenvalue weighted by Crippen LogP contribution is -2.48. The molecule has 3 rings (SSSR count). The van der Waals surface area contributed by atoms with E-state index >= 15 is 0 Å². The summed E-state index contributed by atoms with van der Waals surface area (Å²) in [5.74, 6) is 0.388. The maximum atomic E-state index is 13.1. The molecule has 0 radical (unpaired) electrons. The Hall–Kier alpha value is -2.82. The van der Waals surface area contributed by atoms with Crippen LogP contribution in [0.1, 0.15) is 49.8 Å². The number of unbranched alkanes of at least 4 members (excludes halogenated alkanes) is 1. The molecule has 5 nitrogen and oxygen atoms in total. The molecule has 1 aliphatic rings. The highest BCUT2D eigenvalue weighted by Crippen LogP contribution is 2.43. The second-order valence-electron chi connectivity index (χ2n) is 7.58. The number of anilines is 1. The Balaban J connectivity index is 2.05. The normalized spacial score (nSPS) is 19.1. The van der Waals surface area contributed by atoms with Crippen molar-refractivity contribution in [3.8, 4) is 5.75 Å². The van der Waals surface area contributed by atoms with E-state index in [0.29, 0.717) is 25.1 Å². The Bertz CT molecular complexity index is 847. The fourth-order valence-corrected chi connectivity index (χ4v) is 3.96. The fourth-order valence-electron chi connectivity index (χ4n) is 3.96. The number of piperidine rings is 1. The zero-order valence-corrected chi connectivity index (χ0v) is 17.5. The maximum Gasteiger partial charge on any atom is 0.227 e. The van der Waals surface area contributed by atoms with Gasteiger partial charge in [0.1, 0.15) is 5.75 Å². The Labute approximate surface area is 173 Å². The minimum Gasteiger partial charge on any atom is -0.496 e. The number of para-hydroxylation sites is 1. The number of ether oxygens (including phenoxy) is 1. The molecule has 29 heavy (non-hydrogen) atoms. The first-order valence-electron chi connectivity index (χ1n) is 10.4. The van der Waals surface area contributed by atoms with Crippen LogP contribution in [0.25, 0.3) is 0 Å². The van der Waals surface area contributed by atoms with Gasteiger partial charge in [0.2, 0.25) is 11.8 Å². The van der Waals surface area contributed by atoms with Gasteiger partial charge in [0.25, 0.3) is 0 Å². The van der Waals surface area contributed by atoms with E-state index in [2.05, 4.69) is 12.2 Å². The van der Waals surface area contributed by atoms with Crippen LogP contribution in [-0.2, 0) is 9.59 Å². The molecule has 2 aromatic carbocycles. The third-order valence-electron chi connectivity index (χ3n) is 5.53. The van der Waals surface area contributed by atoms with Crippen molar-refractivity contribution in [3.63, 3.8) is 0 Å². The van der Waals surface area contributed by atoms with Gasteiger partial charge in [0.05, 0.1) is 19.1 Å². The van der Waals surface area contributed by atoms with Gasteiger partial charge < -0.3 is 15.0 Å². The lowest BCUT2D eigenvalue weighted by Gasteiger charge is -2.41. The molecule has 2 atom stereocenters. The highest BCUT2D eigenvalue weighted by molar-refractivity contribution is 5.97. The third-order valence-corrected chi connectivity index (χ3v) is 5.53. The van der Waals surface area contributed by atoms with E-state index in [1.165, 1.54) is 0 Å². The van der Waals surface area contributed by atoms with Crippen LogP contribution < -0.4 is 15.0 Å². The van der Waals surface area contributed by atoms with Crippen LogP contribution in [0.2, 0.25) is 0 Å².